The van der Waals surface area contributed by atoms with Crippen molar-refractivity contribution in [2.24, 2.45) is 0 Å². The van der Waals surface area contributed by atoms with E-state index in [1.54, 1.807) is 11.0 Å². The van der Waals surface area contributed by atoms with E-state index in [1.807, 2.05) is 4.90 Å². The van der Waals surface area contributed by atoms with E-state index in [9.17, 15) is 14.0 Å². The number of hydrogen-bond acceptors (Lipinski definition) is 3. The lowest BCUT2D eigenvalue weighted by atomic mass is 10.1. The first-order chi connectivity index (χ1) is 12.5. The van der Waals surface area contributed by atoms with Crippen LogP contribution in [0.5, 0.6) is 0 Å². The lowest BCUT2D eigenvalue weighted by Gasteiger charge is -2.35. The molecule has 0 unspecified atom stereocenters. The fourth-order valence-corrected chi connectivity index (χ4v) is 3.91. The zero-order valence-electron chi connectivity index (χ0n) is 14.9. The van der Waals surface area contributed by atoms with Gasteiger partial charge in [-0.1, -0.05) is 28.8 Å². The zero-order valence-corrected chi connectivity index (χ0v) is 16.5. The Balaban J connectivity index is 1.51. The van der Waals surface area contributed by atoms with Crippen LogP contribution in [0, 0.1) is 5.82 Å². The second-order valence-corrected chi connectivity index (χ2v) is 7.90. The molecule has 1 aromatic carbocycles. The van der Waals surface area contributed by atoms with Gasteiger partial charge in [-0.15, -0.1) is 0 Å². The predicted octanol–water partition coefficient (Wildman–Crippen LogP) is 2.75. The second-order valence-electron chi connectivity index (χ2n) is 6.99. The smallest absolute Gasteiger partial charge is 0.256 e. The molecule has 26 heavy (non-hydrogen) atoms. The quantitative estimate of drug-likeness (QED) is 0.747. The van der Waals surface area contributed by atoms with Crippen molar-refractivity contribution in [3.05, 3.63) is 34.1 Å². The number of likely N-dealkylation sites (tertiary alicyclic amines) is 1. The minimum absolute atomic E-state index is 0.0912. The van der Waals surface area contributed by atoms with Crippen LogP contribution in [0.2, 0.25) is 0 Å². The summed E-state index contributed by atoms with van der Waals surface area (Å²) in [6.07, 6.45) is 4.59. The molecule has 2 amide bonds. The first kappa shape index (κ1) is 19.3. The lowest BCUT2D eigenvalue weighted by Crippen LogP contribution is -2.51. The maximum absolute atomic E-state index is 13.9. The van der Waals surface area contributed by atoms with Gasteiger partial charge in [0, 0.05) is 43.7 Å². The number of benzene rings is 1. The summed E-state index contributed by atoms with van der Waals surface area (Å²) in [6.45, 7) is 4.43. The molecule has 5 nitrogen and oxygen atoms in total. The normalized spacial score (nSPS) is 19.3. The monoisotopic (exact) mass is 425 g/mol. The van der Waals surface area contributed by atoms with Crippen molar-refractivity contribution < 1.29 is 14.0 Å². The Morgan fingerprint density at radius 1 is 0.923 bits per heavy atom. The molecule has 2 heterocycles. The van der Waals surface area contributed by atoms with Crippen molar-refractivity contribution in [2.45, 2.75) is 25.7 Å². The fraction of sp³-hybridized carbons (Fsp3) is 0.579. The number of carbonyl (C=O) groups is 2. The molecule has 0 atom stereocenters. The Labute approximate surface area is 162 Å². The number of carbonyl (C=O) groups excluding carboxylic acids is 2. The molecule has 0 aromatic heterocycles. The first-order valence-corrected chi connectivity index (χ1v) is 10.1. The van der Waals surface area contributed by atoms with Gasteiger partial charge in [0.05, 0.1) is 12.1 Å². The molecule has 2 saturated heterocycles. The van der Waals surface area contributed by atoms with Gasteiger partial charge in [0.25, 0.3) is 5.91 Å². The van der Waals surface area contributed by atoms with Crippen LogP contribution < -0.4 is 0 Å². The van der Waals surface area contributed by atoms with Crippen LogP contribution in [0.15, 0.2) is 22.7 Å². The van der Waals surface area contributed by atoms with Crippen LogP contribution in [-0.4, -0.2) is 72.3 Å². The molecule has 2 aliphatic heterocycles. The molecule has 0 aliphatic carbocycles. The predicted molar refractivity (Wildman–Crippen MR) is 101 cm³/mol. The van der Waals surface area contributed by atoms with E-state index in [2.05, 4.69) is 20.8 Å². The SMILES string of the molecule is O=C(CN1CCN(C(=O)c2cc(Br)ccc2F)CC1)N1CCCCCC1. The number of amides is 2. The second kappa shape index (κ2) is 8.95. The van der Waals surface area contributed by atoms with Gasteiger partial charge in [-0.2, -0.15) is 0 Å². The summed E-state index contributed by atoms with van der Waals surface area (Å²) in [4.78, 5) is 30.8. The third-order valence-electron chi connectivity index (χ3n) is 5.14. The standard InChI is InChI=1S/C19H25BrFN3O2/c20-15-5-6-17(21)16(13-15)19(26)24-11-9-22(10-12-24)14-18(25)23-7-3-1-2-4-8-23/h5-6,13H,1-4,7-12,14H2. The molecular formula is C19H25BrFN3O2. The Hall–Kier alpha value is -1.47. The zero-order chi connectivity index (χ0) is 18.5. The Bertz CT molecular complexity index is 654. The van der Waals surface area contributed by atoms with Crippen LogP contribution in [0.3, 0.4) is 0 Å². The first-order valence-electron chi connectivity index (χ1n) is 9.29. The topological polar surface area (TPSA) is 43.9 Å². The molecule has 0 saturated carbocycles. The Morgan fingerprint density at radius 3 is 2.23 bits per heavy atom. The molecule has 0 radical (unpaired) electrons. The number of rotatable bonds is 3. The molecule has 3 rings (SSSR count). The number of nitrogens with zero attached hydrogens (tertiary/aromatic N) is 3. The highest BCUT2D eigenvalue weighted by Gasteiger charge is 2.26. The van der Waals surface area contributed by atoms with Gasteiger partial charge in [-0.05, 0) is 31.0 Å². The highest BCUT2D eigenvalue weighted by Crippen LogP contribution is 2.18. The van der Waals surface area contributed by atoms with Crippen LogP contribution in [-0.2, 0) is 4.79 Å². The molecule has 142 valence electrons. The molecule has 0 spiro atoms. The Kier molecular flexibility index (Phi) is 6.64. The molecule has 2 aliphatic rings. The number of hydrogen-bond donors (Lipinski definition) is 0. The summed E-state index contributed by atoms with van der Waals surface area (Å²) in [6, 6.07) is 4.40. The summed E-state index contributed by atoms with van der Waals surface area (Å²) in [5, 5.41) is 0. The summed E-state index contributed by atoms with van der Waals surface area (Å²) in [7, 11) is 0. The average Bonchev–Trinajstić information content (AvgIpc) is 2.93. The molecule has 7 heteroatoms. The maximum atomic E-state index is 13.9. The highest BCUT2D eigenvalue weighted by molar-refractivity contribution is 9.10. The maximum Gasteiger partial charge on any atom is 0.256 e. The van der Waals surface area contributed by atoms with E-state index in [0.29, 0.717) is 37.2 Å². The van der Waals surface area contributed by atoms with Gasteiger partial charge in [0.1, 0.15) is 5.82 Å². The molecule has 0 bridgehead atoms. The minimum Gasteiger partial charge on any atom is -0.342 e. The van der Waals surface area contributed by atoms with E-state index < -0.39 is 5.82 Å². The van der Waals surface area contributed by atoms with Gasteiger partial charge in [-0.25, -0.2) is 4.39 Å². The van der Waals surface area contributed by atoms with Gasteiger partial charge in [0.2, 0.25) is 5.91 Å². The fourth-order valence-electron chi connectivity index (χ4n) is 3.55. The third kappa shape index (κ3) is 4.82. The molecule has 2 fully saturated rings. The van der Waals surface area contributed by atoms with Crippen molar-refractivity contribution in [3.8, 4) is 0 Å². The van der Waals surface area contributed by atoms with Crippen molar-refractivity contribution in [1.29, 1.82) is 0 Å². The Morgan fingerprint density at radius 2 is 1.58 bits per heavy atom. The van der Waals surface area contributed by atoms with E-state index in [0.717, 1.165) is 25.9 Å². The van der Waals surface area contributed by atoms with Gasteiger partial charge >= 0.3 is 0 Å². The minimum atomic E-state index is -0.503. The largest absolute Gasteiger partial charge is 0.342 e. The summed E-state index contributed by atoms with van der Waals surface area (Å²) < 4.78 is 14.6. The summed E-state index contributed by atoms with van der Waals surface area (Å²) >= 11 is 3.28. The van der Waals surface area contributed by atoms with Crippen molar-refractivity contribution >= 4 is 27.7 Å². The van der Waals surface area contributed by atoms with Crippen molar-refractivity contribution in [3.63, 3.8) is 0 Å². The van der Waals surface area contributed by atoms with E-state index in [4.69, 9.17) is 0 Å². The van der Waals surface area contributed by atoms with E-state index in [-0.39, 0.29) is 17.4 Å². The van der Waals surface area contributed by atoms with Crippen LogP contribution in [0.4, 0.5) is 4.39 Å². The summed E-state index contributed by atoms with van der Waals surface area (Å²) in [5.74, 6) is -0.607. The summed E-state index contributed by atoms with van der Waals surface area (Å²) in [5.41, 5.74) is 0.0912. The van der Waals surface area contributed by atoms with Gasteiger partial charge in [-0.3, -0.25) is 14.5 Å². The number of piperazine rings is 1. The van der Waals surface area contributed by atoms with E-state index >= 15 is 0 Å². The van der Waals surface area contributed by atoms with Crippen LogP contribution >= 0.6 is 15.9 Å². The van der Waals surface area contributed by atoms with Gasteiger partial charge in [0.15, 0.2) is 0 Å². The van der Waals surface area contributed by atoms with E-state index in [1.165, 1.54) is 25.0 Å². The molecule has 1 aromatic rings. The molecular weight excluding hydrogens is 401 g/mol. The third-order valence-corrected chi connectivity index (χ3v) is 5.63. The van der Waals surface area contributed by atoms with Crippen LogP contribution in [0.1, 0.15) is 36.0 Å². The van der Waals surface area contributed by atoms with Gasteiger partial charge < -0.3 is 9.80 Å². The number of halogens is 2. The van der Waals surface area contributed by atoms with Crippen molar-refractivity contribution in [1.82, 2.24) is 14.7 Å². The highest BCUT2D eigenvalue weighted by atomic mass is 79.9. The average molecular weight is 426 g/mol. The van der Waals surface area contributed by atoms with Crippen molar-refractivity contribution in [2.75, 3.05) is 45.8 Å². The molecule has 0 N–H and O–H groups in total. The lowest BCUT2D eigenvalue weighted by molar-refractivity contribution is -0.132. The van der Waals surface area contributed by atoms with Crippen LogP contribution in [0.25, 0.3) is 0 Å².